The molecule has 0 bridgehead atoms. The lowest BCUT2D eigenvalue weighted by molar-refractivity contribution is 0.0446. The van der Waals surface area contributed by atoms with Gasteiger partial charge in [-0.05, 0) is 54.8 Å². The minimum Gasteiger partial charge on any atom is -0.491 e. The molecular formula is C22H29ClN2O2. The zero-order valence-electron chi connectivity index (χ0n) is 16.2. The first-order valence-electron chi connectivity index (χ1n) is 9.57. The Hall–Kier alpha value is -1.59. The standard InChI is InChI=1S/C22H29ClN2O2/c1-17-3-8-22(13-18(17)2)27-16-21(26)15-25-11-9-24(10-12-25)14-19-4-6-20(23)7-5-19/h3-8,13,21,26H,9-12,14-16H2,1-2H3/t21-/m0/s1. The number of benzene rings is 2. The van der Waals surface area contributed by atoms with Crippen molar-refractivity contribution in [3.63, 3.8) is 0 Å². The number of piperazine rings is 1. The molecule has 0 radical (unpaired) electrons. The average molecular weight is 389 g/mol. The Bertz CT molecular complexity index is 728. The fourth-order valence-electron chi connectivity index (χ4n) is 3.32. The molecule has 0 aliphatic carbocycles. The van der Waals surface area contributed by atoms with Crippen molar-refractivity contribution in [3.05, 3.63) is 64.2 Å². The van der Waals surface area contributed by atoms with Crippen molar-refractivity contribution in [2.45, 2.75) is 26.5 Å². The van der Waals surface area contributed by atoms with Gasteiger partial charge in [0.25, 0.3) is 0 Å². The molecule has 0 aromatic heterocycles. The van der Waals surface area contributed by atoms with E-state index in [1.165, 1.54) is 16.7 Å². The number of nitrogens with zero attached hydrogens (tertiary/aromatic N) is 2. The van der Waals surface area contributed by atoms with Crippen LogP contribution in [0, 0.1) is 13.8 Å². The zero-order valence-corrected chi connectivity index (χ0v) is 17.0. The molecular weight excluding hydrogens is 360 g/mol. The average Bonchev–Trinajstić information content (AvgIpc) is 2.66. The molecule has 0 amide bonds. The van der Waals surface area contributed by atoms with Crippen LogP contribution in [0.1, 0.15) is 16.7 Å². The molecule has 1 saturated heterocycles. The monoisotopic (exact) mass is 388 g/mol. The fraction of sp³-hybridized carbons (Fsp3) is 0.455. The van der Waals surface area contributed by atoms with Gasteiger partial charge < -0.3 is 9.84 Å². The normalized spacial score (nSPS) is 17.0. The van der Waals surface area contributed by atoms with Gasteiger partial charge in [0.05, 0.1) is 0 Å². The van der Waals surface area contributed by atoms with Gasteiger partial charge in [-0.15, -0.1) is 0 Å². The lowest BCUT2D eigenvalue weighted by atomic mass is 10.1. The van der Waals surface area contributed by atoms with Gasteiger partial charge in [0.1, 0.15) is 18.5 Å². The molecule has 27 heavy (non-hydrogen) atoms. The first-order valence-corrected chi connectivity index (χ1v) is 9.94. The Balaban J connectivity index is 1.38. The molecule has 4 nitrogen and oxygen atoms in total. The first kappa shape index (κ1) is 20.2. The van der Waals surface area contributed by atoms with Crippen molar-refractivity contribution in [1.29, 1.82) is 0 Å². The first-order chi connectivity index (χ1) is 13.0. The Morgan fingerprint density at radius 2 is 1.63 bits per heavy atom. The number of halogens is 1. The maximum Gasteiger partial charge on any atom is 0.119 e. The summed E-state index contributed by atoms with van der Waals surface area (Å²) in [4.78, 5) is 4.75. The van der Waals surface area contributed by atoms with Gasteiger partial charge in [0.15, 0.2) is 0 Å². The maximum absolute atomic E-state index is 10.3. The van der Waals surface area contributed by atoms with Crippen LogP contribution in [0.15, 0.2) is 42.5 Å². The molecule has 5 heteroatoms. The Morgan fingerprint density at radius 1 is 0.963 bits per heavy atom. The van der Waals surface area contributed by atoms with Crippen LogP contribution in [0.2, 0.25) is 5.02 Å². The van der Waals surface area contributed by atoms with Gasteiger partial charge in [-0.1, -0.05) is 29.8 Å². The molecule has 1 aliphatic heterocycles. The Morgan fingerprint density at radius 3 is 2.30 bits per heavy atom. The Labute approximate surface area is 167 Å². The van der Waals surface area contributed by atoms with Gasteiger partial charge in [-0.3, -0.25) is 9.80 Å². The third-order valence-corrected chi connectivity index (χ3v) is 5.43. The number of aryl methyl sites for hydroxylation is 2. The highest BCUT2D eigenvalue weighted by Gasteiger charge is 2.19. The second kappa shape index (κ2) is 9.56. The third kappa shape index (κ3) is 6.22. The minimum atomic E-state index is -0.477. The summed E-state index contributed by atoms with van der Waals surface area (Å²) in [6, 6.07) is 14.1. The van der Waals surface area contributed by atoms with Crippen molar-refractivity contribution in [3.8, 4) is 5.75 Å². The maximum atomic E-state index is 10.3. The van der Waals surface area contributed by atoms with Crippen molar-refractivity contribution in [2.75, 3.05) is 39.3 Å². The molecule has 1 aliphatic rings. The summed E-state index contributed by atoms with van der Waals surface area (Å²) in [6.45, 7) is 10.0. The van der Waals surface area contributed by atoms with E-state index in [2.05, 4.69) is 41.8 Å². The second-order valence-electron chi connectivity index (χ2n) is 7.41. The number of β-amino-alcohol motifs (C(OH)–C–C–N with tert-alkyl or cyclic N) is 1. The van der Waals surface area contributed by atoms with E-state index in [0.717, 1.165) is 43.5 Å². The number of ether oxygens (including phenoxy) is 1. The number of aliphatic hydroxyl groups excluding tert-OH is 1. The molecule has 2 aromatic rings. The molecule has 146 valence electrons. The molecule has 2 aromatic carbocycles. The molecule has 1 fully saturated rings. The van der Waals surface area contributed by atoms with E-state index in [1.54, 1.807) is 0 Å². The zero-order chi connectivity index (χ0) is 19.2. The number of hydrogen-bond acceptors (Lipinski definition) is 4. The van der Waals surface area contributed by atoms with Gasteiger partial charge in [0, 0.05) is 44.3 Å². The number of rotatable bonds is 7. The van der Waals surface area contributed by atoms with Crippen LogP contribution in [0.5, 0.6) is 5.75 Å². The summed E-state index contributed by atoms with van der Waals surface area (Å²) in [5, 5.41) is 11.1. The number of hydrogen-bond donors (Lipinski definition) is 1. The molecule has 1 heterocycles. The summed E-state index contributed by atoms with van der Waals surface area (Å²) in [5.41, 5.74) is 3.74. The van der Waals surface area contributed by atoms with Crippen LogP contribution in [0.3, 0.4) is 0 Å². The van der Waals surface area contributed by atoms with E-state index in [1.807, 2.05) is 24.3 Å². The minimum absolute atomic E-state index is 0.327. The van der Waals surface area contributed by atoms with Crippen LogP contribution in [-0.2, 0) is 6.54 Å². The van der Waals surface area contributed by atoms with Crippen LogP contribution in [-0.4, -0.2) is 60.3 Å². The molecule has 1 N–H and O–H groups in total. The van der Waals surface area contributed by atoms with Crippen LogP contribution in [0.4, 0.5) is 0 Å². The van der Waals surface area contributed by atoms with Crippen molar-refractivity contribution >= 4 is 11.6 Å². The van der Waals surface area contributed by atoms with E-state index in [0.29, 0.717) is 13.2 Å². The van der Waals surface area contributed by atoms with Crippen LogP contribution in [0.25, 0.3) is 0 Å². The van der Waals surface area contributed by atoms with Gasteiger partial charge >= 0.3 is 0 Å². The van der Waals surface area contributed by atoms with Crippen LogP contribution >= 0.6 is 11.6 Å². The van der Waals surface area contributed by atoms with Gasteiger partial charge in [-0.25, -0.2) is 0 Å². The van der Waals surface area contributed by atoms with Crippen molar-refractivity contribution in [2.24, 2.45) is 0 Å². The van der Waals surface area contributed by atoms with Gasteiger partial charge in [0.2, 0.25) is 0 Å². The topological polar surface area (TPSA) is 35.9 Å². The molecule has 0 saturated carbocycles. The highest BCUT2D eigenvalue weighted by molar-refractivity contribution is 6.30. The van der Waals surface area contributed by atoms with Gasteiger partial charge in [-0.2, -0.15) is 0 Å². The molecule has 3 rings (SSSR count). The fourth-order valence-corrected chi connectivity index (χ4v) is 3.45. The van der Waals surface area contributed by atoms with Crippen molar-refractivity contribution in [1.82, 2.24) is 9.80 Å². The summed E-state index contributed by atoms with van der Waals surface area (Å²) in [7, 11) is 0. The third-order valence-electron chi connectivity index (χ3n) is 5.17. The highest BCUT2D eigenvalue weighted by Crippen LogP contribution is 2.17. The summed E-state index contributed by atoms with van der Waals surface area (Å²) in [6.07, 6.45) is -0.477. The van der Waals surface area contributed by atoms with Crippen LogP contribution < -0.4 is 4.74 Å². The lowest BCUT2D eigenvalue weighted by Gasteiger charge is -2.35. The molecule has 0 spiro atoms. The summed E-state index contributed by atoms with van der Waals surface area (Å²) >= 11 is 5.95. The lowest BCUT2D eigenvalue weighted by Crippen LogP contribution is -2.48. The Kier molecular flexibility index (Phi) is 7.13. The van der Waals surface area contributed by atoms with E-state index >= 15 is 0 Å². The highest BCUT2D eigenvalue weighted by atomic mass is 35.5. The number of aliphatic hydroxyl groups is 1. The van der Waals surface area contributed by atoms with E-state index < -0.39 is 6.10 Å². The van der Waals surface area contributed by atoms with E-state index in [9.17, 15) is 5.11 Å². The summed E-state index contributed by atoms with van der Waals surface area (Å²) < 4.78 is 5.76. The predicted molar refractivity (Wildman–Crippen MR) is 111 cm³/mol. The molecule has 1 atom stereocenters. The smallest absolute Gasteiger partial charge is 0.119 e. The predicted octanol–water partition coefficient (Wildman–Crippen LogP) is 3.51. The quantitative estimate of drug-likeness (QED) is 0.787. The largest absolute Gasteiger partial charge is 0.491 e. The second-order valence-corrected chi connectivity index (χ2v) is 7.85. The van der Waals surface area contributed by atoms with E-state index in [-0.39, 0.29) is 0 Å². The summed E-state index contributed by atoms with van der Waals surface area (Å²) in [5.74, 6) is 0.824. The SMILES string of the molecule is Cc1ccc(OC[C@@H](O)CN2CCN(Cc3ccc(Cl)cc3)CC2)cc1C. The van der Waals surface area contributed by atoms with Crippen molar-refractivity contribution < 1.29 is 9.84 Å². The molecule has 0 unspecified atom stereocenters. The van der Waals surface area contributed by atoms with E-state index in [4.69, 9.17) is 16.3 Å².